The molecule has 2 heterocycles. The third-order valence-electron chi connectivity index (χ3n) is 1.99. The summed E-state index contributed by atoms with van der Waals surface area (Å²) >= 11 is 1.55. The number of aldehydes is 1. The van der Waals surface area contributed by atoms with Crippen molar-refractivity contribution < 1.29 is 4.79 Å². The average molecular weight is 194 g/mol. The largest absolute Gasteiger partial charge is 0.296 e. The van der Waals surface area contributed by atoms with Crippen molar-refractivity contribution in [1.29, 1.82) is 0 Å². The lowest BCUT2D eigenvalue weighted by Crippen LogP contribution is -1.95. The number of fused-ring (bicyclic) bond motifs is 1. The molecule has 2 aromatic rings. The van der Waals surface area contributed by atoms with Crippen LogP contribution in [0.25, 0.3) is 4.96 Å². The molecule has 2 aromatic heterocycles. The molecule has 13 heavy (non-hydrogen) atoms. The lowest BCUT2D eigenvalue weighted by molar-refractivity contribution is 0.111. The third-order valence-corrected chi connectivity index (χ3v) is 2.74. The Morgan fingerprint density at radius 1 is 1.62 bits per heavy atom. The van der Waals surface area contributed by atoms with Gasteiger partial charge >= 0.3 is 0 Å². The van der Waals surface area contributed by atoms with E-state index < -0.39 is 0 Å². The fraction of sp³-hybridized carbons (Fsp3) is 0.333. The fourth-order valence-electron chi connectivity index (χ4n) is 1.36. The molecule has 0 aromatic carbocycles. The molecule has 0 radical (unpaired) electrons. The second-order valence-electron chi connectivity index (χ2n) is 3.21. The second kappa shape index (κ2) is 2.96. The Bertz CT molecular complexity index is 441. The molecule has 0 saturated heterocycles. The zero-order valence-electron chi connectivity index (χ0n) is 7.52. The smallest absolute Gasteiger partial charge is 0.194 e. The van der Waals surface area contributed by atoms with Gasteiger partial charge in [-0.1, -0.05) is 13.8 Å². The van der Waals surface area contributed by atoms with Crippen molar-refractivity contribution in [2.75, 3.05) is 0 Å². The third kappa shape index (κ3) is 1.18. The lowest BCUT2D eigenvalue weighted by Gasteiger charge is -1.99. The van der Waals surface area contributed by atoms with Crippen LogP contribution >= 0.6 is 11.3 Å². The van der Waals surface area contributed by atoms with Crippen molar-refractivity contribution in [2.24, 2.45) is 0 Å². The molecule has 2 rings (SSSR count). The van der Waals surface area contributed by atoms with Crippen LogP contribution in [0.15, 0.2) is 11.6 Å². The van der Waals surface area contributed by atoms with Crippen LogP contribution in [0.1, 0.15) is 35.9 Å². The summed E-state index contributed by atoms with van der Waals surface area (Å²) in [5.41, 5.74) is 1.58. The highest BCUT2D eigenvalue weighted by atomic mass is 32.1. The predicted molar refractivity (Wildman–Crippen MR) is 52.5 cm³/mol. The van der Waals surface area contributed by atoms with E-state index in [2.05, 4.69) is 4.98 Å². The summed E-state index contributed by atoms with van der Waals surface area (Å²) in [6, 6.07) is 0. The van der Waals surface area contributed by atoms with Crippen LogP contribution in [0.4, 0.5) is 0 Å². The minimum atomic E-state index is 0.298. The monoisotopic (exact) mass is 194 g/mol. The number of hydrogen-bond acceptors (Lipinski definition) is 3. The number of hydrogen-bond donors (Lipinski definition) is 0. The van der Waals surface area contributed by atoms with Crippen LogP contribution < -0.4 is 0 Å². The van der Waals surface area contributed by atoms with Crippen LogP contribution in [0.5, 0.6) is 0 Å². The van der Waals surface area contributed by atoms with Crippen LogP contribution in [0.2, 0.25) is 0 Å². The molecular formula is C9H10N2OS. The predicted octanol–water partition coefficient (Wildman–Crippen LogP) is 2.33. The van der Waals surface area contributed by atoms with Gasteiger partial charge in [0.1, 0.15) is 5.69 Å². The fourth-order valence-corrected chi connectivity index (χ4v) is 2.09. The molecule has 0 bridgehead atoms. The van der Waals surface area contributed by atoms with Gasteiger partial charge in [-0.3, -0.25) is 9.20 Å². The van der Waals surface area contributed by atoms with Gasteiger partial charge in [0.05, 0.1) is 5.69 Å². The first-order valence-corrected chi connectivity index (χ1v) is 5.02. The van der Waals surface area contributed by atoms with Crippen molar-refractivity contribution in [1.82, 2.24) is 9.38 Å². The molecule has 0 N–H and O–H groups in total. The summed E-state index contributed by atoms with van der Waals surface area (Å²) in [5, 5.41) is 1.93. The molecular weight excluding hydrogens is 184 g/mol. The Hall–Kier alpha value is -1.16. The second-order valence-corrected chi connectivity index (χ2v) is 4.08. The molecule has 0 aliphatic heterocycles. The normalized spacial score (nSPS) is 11.3. The van der Waals surface area contributed by atoms with Crippen molar-refractivity contribution in [3.8, 4) is 0 Å². The van der Waals surface area contributed by atoms with Gasteiger partial charge in [-0.25, -0.2) is 4.98 Å². The van der Waals surface area contributed by atoms with Gasteiger partial charge in [0.15, 0.2) is 11.2 Å². The molecule has 4 heteroatoms. The Morgan fingerprint density at radius 2 is 2.38 bits per heavy atom. The highest BCUT2D eigenvalue weighted by molar-refractivity contribution is 7.15. The number of aromatic nitrogens is 2. The van der Waals surface area contributed by atoms with E-state index in [4.69, 9.17) is 0 Å². The molecule has 0 saturated carbocycles. The van der Waals surface area contributed by atoms with E-state index in [0.29, 0.717) is 11.6 Å². The standard InChI is InChI=1S/C9H10N2OS/c1-6(2)8-7(5-12)11-3-4-13-9(11)10-8/h3-6H,1-2H3. The van der Waals surface area contributed by atoms with Gasteiger partial charge in [-0.05, 0) is 5.92 Å². The molecule has 0 atom stereocenters. The molecule has 0 fully saturated rings. The maximum absolute atomic E-state index is 10.8. The number of carbonyl (C=O) groups is 1. The van der Waals surface area contributed by atoms with E-state index in [0.717, 1.165) is 16.9 Å². The SMILES string of the molecule is CC(C)c1nc2sccn2c1C=O. The van der Waals surface area contributed by atoms with Gasteiger partial charge in [-0.2, -0.15) is 0 Å². The van der Waals surface area contributed by atoms with Crippen LogP contribution in [0, 0.1) is 0 Å². The number of imidazole rings is 1. The van der Waals surface area contributed by atoms with Crippen molar-refractivity contribution >= 4 is 22.6 Å². The first kappa shape index (κ1) is 8.44. The van der Waals surface area contributed by atoms with Gasteiger partial charge in [0.2, 0.25) is 0 Å². The first-order chi connectivity index (χ1) is 6.24. The topological polar surface area (TPSA) is 34.4 Å². The van der Waals surface area contributed by atoms with Crippen molar-refractivity contribution in [2.45, 2.75) is 19.8 Å². The Balaban J connectivity index is 2.74. The molecule has 0 aliphatic rings. The van der Waals surface area contributed by atoms with Crippen LogP contribution in [-0.2, 0) is 0 Å². The molecule has 0 amide bonds. The molecule has 3 nitrogen and oxygen atoms in total. The van der Waals surface area contributed by atoms with Gasteiger partial charge < -0.3 is 0 Å². The van der Waals surface area contributed by atoms with Crippen molar-refractivity contribution in [3.63, 3.8) is 0 Å². The van der Waals surface area contributed by atoms with E-state index >= 15 is 0 Å². The highest BCUT2D eigenvalue weighted by Crippen LogP contribution is 2.21. The zero-order chi connectivity index (χ0) is 9.42. The molecule has 0 unspecified atom stereocenters. The summed E-state index contributed by atoms with van der Waals surface area (Å²) in [6.45, 7) is 4.08. The van der Waals surface area contributed by atoms with E-state index in [9.17, 15) is 4.79 Å². The maximum Gasteiger partial charge on any atom is 0.194 e. The highest BCUT2D eigenvalue weighted by Gasteiger charge is 2.14. The minimum absolute atomic E-state index is 0.298. The quantitative estimate of drug-likeness (QED) is 0.688. The van der Waals surface area contributed by atoms with Crippen LogP contribution in [0.3, 0.4) is 0 Å². The molecule has 0 spiro atoms. The van der Waals surface area contributed by atoms with E-state index in [1.807, 2.05) is 29.8 Å². The van der Waals surface area contributed by atoms with Gasteiger partial charge in [-0.15, -0.1) is 11.3 Å². The summed E-state index contributed by atoms with van der Waals surface area (Å²) in [4.78, 5) is 16.1. The summed E-state index contributed by atoms with van der Waals surface area (Å²) in [7, 11) is 0. The van der Waals surface area contributed by atoms with Gasteiger partial charge in [0.25, 0.3) is 0 Å². The van der Waals surface area contributed by atoms with Gasteiger partial charge in [0, 0.05) is 11.6 Å². The lowest BCUT2D eigenvalue weighted by atomic mass is 10.1. The number of carbonyl (C=O) groups excluding carboxylic acids is 1. The maximum atomic E-state index is 10.8. The number of thiazole rings is 1. The molecule has 0 aliphatic carbocycles. The van der Waals surface area contributed by atoms with E-state index in [1.165, 1.54) is 0 Å². The Morgan fingerprint density at radius 3 is 3.00 bits per heavy atom. The average Bonchev–Trinajstić information content (AvgIpc) is 2.60. The summed E-state index contributed by atoms with van der Waals surface area (Å²) in [5.74, 6) is 0.298. The number of nitrogens with zero attached hydrogens (tertiary/aromatic N) is 2. The van der Waals surface area contributed by atoms with E-state index in [1.54, 1.807) is 11.3 Å². The van der Waals surface area contributed by atoms with Crippen molar-refractivity contribution in [3.05, 3.63) is 23.0 Å². The van der Waals surface area contributed by atoms with E-state index in [-0.39, 0.29) is 0 Å². The first-order valence-electron chi connectivity index (χ1n) is 4.14. The summed E-state index contributed by atoms with van der Waals surface area (Å²) < 4.78 is 1.84. The Kier molecular flexibility index (Phi) is 1.92. The Labute approximate surface area is 80.0 Å². The van der Waals surface area contributed by atoms with Crippen LogP contribution in [-0.4, -0.2) is 15.7 Å². The minimum Gasteiger partial charge on any atom is -0.296 e. The molecule has 68 valence electrons. The number of rotatable bonds is 2. The zero-order valence-corrected chi connectivity index (χ0v) is 8.34. The summed E-state index contributed by atoms with van der Waals surface area (Å²) in [6.07, 6.45) is 2.75.